The van der Waals surface area contributed by atoms with Gasteiger partial charge in [-0.3, -0.25) is 38.9 Å². The van der Waals surface area contributed by atoms with Crippen molar-refractivity contribution in [3.63, 3.8) is 0 Å². The van der Waals surface area contributed by atoms with E-state index in [0.29, 0.717) is 69.7 Å². The minimum absolute atomic E-state index is 0.0160. The van der Waals surface area contributed by atoms with E-state index >= 15 is 0 Å². The van der Waals surface area contributed by atoms with Crippen LogP contribution in [0.3, 0.4) is 0 Å². The fourth-order valence-electron chi connectivity index (χ4n) is 10.9. The van der Waals surface area contributed by atoms with Crippen LogP contribution < -0.4 is 10.7 Å². The van der Waals surface area contributed by atoms with Crippen molar-refractivity contribution in [1.82, 2.24) is 40.0 Å². The smallest absolute Gasteiger partial charge is 0.324 e. The summed E-state index contributed by atoms with van der Waals surface area (Å²) in [5.74, 6) is 2.67. The van der Waals surface area contributed by atoms with Crippen LogP contribution in [-0.2, 0) is 57.6 Å². The van der Waals surface area contributed by atoms with Gasteiger partial charge in [-0.1, -0.05) is 45.7 Å². The molecule has 2 aromatic carbocycles. The number of fused-ring (bicyclic) bond motifs is 6. The molecule has 3 saturated heterocycles. The van der Waals surface area contributed by atoms with Gasteiger partial charge in [0.05, 0.1) is 49.8 Å². The van der Waals surface area contributed by atoms with Gasteiger partial charge in [-0.15, -0.1) is 0 Å². The van der Waals surface area contributed by atoms with Gasteiger partial charge in [0.15, 0.2) is 0 Å². The van der Waals surface area contributed by atoms with Crippen molar-refractivity contribution in [2.75, 3.05) is 73.2 Å². The zero-order valence-corrected chi connectivity index (χ0v) is 43.7. The van der Waals surface area contributed by atoms with E-state index in [1.54, 1.807) is 37.4 Å². The van der Waals surface area contributed by atoms with Crippen LogP contribution in [0.5, 0.6) is 5.75 Å². The first-order valence-corrected chi connectivity index (χ1v) is 25.8. The Kier molecular flexibility index (Phi) is 16.6. The molecule has 3 fully saturated rings. The molecule has 2 aromatic heterocycles. The summed E-state index contributed by atoms with van der Waals surface area (Å²) in [6, 6.07) is 12.5. The maximum atomic E-state index is 14.8. The number of ether oxygens (including phenoxy) is 3. The zero-order valence-electron chi connectivity index (χ0n) is 43.7. The number of hydrogen-bond acceptors (Lipinski definition) is 12. The van der Waals surface area contributed by atoms with E-state index in [4.69, 9.17) is 19.2 Å². The maximum absolute atomic E-state index is 14.8. The molecule has 390 valence electrons. The van der Waals surface area contributed by atoms with Crippen molar-refractivity contribution < 1.29 is 43.3 Å². The quantitative estimate of drug-likeness (QED) is 0.141. The second kappa shape index (κ2) is 22.8. The predicted octanol–water partition coefficient (Wildman–Crippen LogP) is 5.12. The molecule has 17 nitrogen and oxygen atoms in total. The van der Waals surface area contributed by atoms with E-state index in [9.17, 15) is 29.1 Å². The highest BCUT2D eigenvalue weighted by Crippen LogP contribution is 2.42. The summed E-state index contributed by atoms with van der Waals surface area (Å²) in [5.41, 5.74) is 9.51. The molecule has 4 aliphatic rings. The first kappa shape index (κ1) is 53.0. The van der Waals surface area contributed by atoms with Gasteiger partial charge in [-0.25, -0.2) is 5.43 Å². The van der Waals surface area contributed by atoms with Crippen molar-refractivity contribution in [1.29, 1.82) is 0 Å². The number of hydrazine groups is 1. The number of phenols is 1. The van der Waals surface area contributed by atoms with Crippen molar-refractivity contribution in [2.24, 2.45) is 17.3 Å². The molecule has 0 aliphatic carbocycles. The van der Waals surface area contributed by atoms with Gasteiger partial charge in [0.2, 0.25) is 11.8 Å². The molecule has 3 N–H and O–H groups in total. The Morgan fingerprint density at radius 1 is 1.03 bits per heavy atom. The molecule has 4 aromatic rings. The number of cyclic esters (lactones) is 1. The molecule has 0 radical (unpaired) electrons. The summed E-state index contributed by atoms with van der Waals surface area (Å²) in [5, 5.41) is 16.8. The topological polar surface area (TPSA) is 188 Å². The Morgan fingerprint density at radius 2 is 1.81 bits per heavy atom. The van der Waals surface area contributed by atoms with E-state index in [1.807, 2.05) is 39.0 Å². The second-order valence-corrected chi connectivity index (χ2v) is 21.1. The fraction of sp³-hybridized carbons (Fsp3) is 0.536. The lowest BCUT2D eigenvalue weighted by molar-refractivity contribution is -0.155. The van der Waals surface area contributed by atoms with Crippen molar-refractivity contribution in [3.8, 4) is 40.0 Å². The summed E-state index contributed by atoms with van der Waals surface area (Å²) in [7, 11) is 3.26. The Balaban J connectivity index is 1.11. The van der Waals surface area contributed by atoms with Crippen LogP contribution in [0, 0.1) is 29.1 Å². The molecule has 8 rings (SSSR count). The van der Waals surface area contributed by atoms with Gasteiger partial charge in [0, 0.05) is 87.9 Å². The van der Waals surface area contributed by atoms with Gasteiger partial charge >= 0.3 is 5.97 Å². The number of carbonyl (C=O) groups excluding carboxylic acids is 5. The largest absolute Gasteiger partial charge is 0.508 e. The summed E-state index contributed by atoms with van der Waals surface area (Å²) in [6.07, 6.45) is 3.36. The number of aromatic nitrogens is 2. The van der Waals surface area contributed by atoms with Crippen molar-refractivity contribution >= 4 is 40.5 Å². The average Bonchev–Trinajstić information content (AvgIpc) is 4.00. The molecule has 4 amide bonds. The minimum Gasteiger partial charge on any atom is -0.508 e. The Hall–Kier alpha value is -6.32. The van der Waals surface area contributed by atoms with E-state index in [1.165, 1.54) is 9.91 Å². The Morgan fingerprint density at radius 3 is 2.55 bits per heavy atom. The Bertz CT molecular complexity index is 2770. The van der Waals surface area contributed by atoms with Gasteiger partial charge in [0.25, 0.3) is 11.8 Å². The maximum Gasteiger partial charge on any atom is 0.324 e. The highest BCUT2D eigenvalue weighted by Gasteiger charge is 2.40. The van der Waals surface area contributed by atoms with Gasteiger partial charge < -0.3 is 39.0 Å². The normalized spacial score (nSPS) is 21.5. The number of nitrogens with one attached hydrogen (secondary N) is 2. The van der Waals surface area contributed by atoms with Crippen LogP contribution >= 0.6 is 0 Å². The SMILES string of the molecule is CCn1c(-c2cccnc2[C@H](C)OC)c2c3cc(ccc31)-c1cc(O)cc(c1)C[C@H](NC(=O)[C@H](C(C)C)N(C)C(=O)[C@H]1CCN(C(=O)C#CCN3CCOCC3)C1)C(=O)N1CCC[C@H](N1)C(=O)OCC(C)(C)C2. The summed E-state index contributed by atoms with van der Waals surface area (Å²) in [4.78, 5) is 80.8. The number of amides is 4. The van der Waals surface area contributed by atoms with Crippen LogP contribution in [0.1, 0.15) is 83.7 Å². The van der Waals surface area contributed by atoms with E-state index < -0.39 is 47.2 Å². The third-order valence-electron chi connectivity index (χ3n) is 14.8. The van der Waals surface area contributed by atoms with Crippen molar-refractivity contribution in [2.45, 2.75) is 104 Å². The number of methoxy groups -OCH3 is 1. The third-order valence-corrected chi connectivity index (χ3v) is 14.8. The zero-order chi connectivity index (χ0) is 52.1. The lowest BCUT2D eigenvalue weighted by Crippen LogP contribution is -2.62. The molecule has 73 heavy (non-hydrogen) atoms. The third kappa shape index (κ3) is 11.9. The molecule has 0 spiro atoms. The van der Waals surface area contributed by atoms with Crippen LogP contribution in [-0.4, -0.2) is 155 Å². The highest BCUT2D eigenvalue weighted by atomic mass is 16.5. The molecule has 0 unspecified atom stereocenters. The number of morpholine rings is 1. The predicted molar refractivity (Wildman–Crippen MR) is 276 cm³/mol. The van der Waals surface area contributed by atoms with Crippen LogP contribution in [0.2, 0.25) is 0 Å². The van der Waals surface area contributed by atoms with E-state index in [-0.39, 0.29) is 55.7 Å². The molecule has 6 bridgehead atoms. The van der Waals surface area contributed by atoms with E-state index in [0.717, 1.165) is 52.1 Å². The average molecular weight is 1000 g/mol. The molecule has 6 heterocycles. The number of likely N-dealkylation sites (N-methyl/N-ethyl adjacent to an activating group) is 1. The standard InChI is InChI=1S/C56H72N8O9/c1-9-63-47-17-16-38-31-43(47)44(51(63)42-13-10-19-57-49(42)36(4)71-8)32-56(5,6)34-73-55(70)45-14-11-21-64(59-45)54(69)46(29-37-27-40(38)30-41(65)28-37)58-52(67)50(35(2)3)60(7)53(68)39-18-22-62(33-39)48(66)15-12-20-61-23-25-72-26-24-61/h10,13,16-17,19,27-28,30-31,35-36,39,45-46,50,59,65H,9,11,14,18,20-26,29,32-34H2,1-8H3,(H,58,67)/t36-,39-,45-,46-,50-/m0/s1. The number of carbonyl (C=O) groups is 5. The lowest BCUT2D eigenvalue weighted by atomic mass is 9.84. The highest BCUT2D eigenvalue weighted by molar-refractivity contribution is 5.97. The van der Waals surface area contributed by atoms with Gasteiger partial charge in [0.1, 0.15) is 23.9 Å². The fourth-order valence-corrected chi connectivity index (χ4v) is 10.9. The number of nitrogens with zero attached hydrogens (tertiary/aromatic N) is 6. The molecule has 17 heteroatoms. The first-order chi connectivity index (χ1) is 35.0. The van der Waals surface area contributed by atoms with Crippen LogP contribution in [0.4, 0.5) is 0 Å². The number of benzene rings is 2. The first-order valence-electron chi connectivity index (χ1n) is 25.8. The number of aromatic hydroxyl groups is 1. The summed E-state index contributed by atoms with van der Waals surface area (Å²) in [6.45, 7) is 16.8. The second-order valence-electron chi connectivity index (χ2n) is 21.1. The van der Waals surface area contributed by atoms with Gasteiger partial charge in [-0.05, 0) is 110 Å². The molecular weight excluding hydrogens is 929 g/mol. The summed E-state index contributed by atoms with van der Waals surface area (Å²) >= 11 is 0. The molecule has 0 saturated carbocycles. The number of hydrogen-bond donors (Lipinski definition) is 3. The number of pyridine rings is 1. The number of likely N-dealkylation sites (tertiary alicyclic amines) is 1. The summed E-state index contributed by atoms with van der Waals surface area (Å²) < 4.78 is 19.6. The number of phenolic OH excluding ortho intramolecular Hbond substituents is 1. The van der Waals surface area contributed by atoms with Crippen LogP contribution in [0.15, 0.2) is 54.7 Å². The monoisotopic (exact) mass is 1000 g/mol. The number of aryl methyl sites for hydroxylation is 1. The Labute approximate surface area is 428 Å². The van der Waals surface area contributed by atoms with Crippen molar-refractivity contribution in [3.05, 3.63) is 71.5 Å². The minimum atomic E-state index is -1.18. The number of esters is 1. The van der Waals surface area contributed by atoms with Crippen LogP contribution in [0.25, 0.3) is 33.3 Å². The lowest BCUT2D eigenvalue weighted by Gasteiger charge is -2.37. The molecular formula is C56H72N8O9. The molecule has 4 aliphatic heterocycles. The number of rotatable bonds is 10. The van der Waals surface area contributed by atoms with E-state index in [2.05, 4.69) is 71.0 Å². The molecule has 5 atom stereocenters. The van der Waals surface area contributed by atoms with Gasteiger partial charge in [-0.2, -0.15) is 0 Å².